The number of alkyl carbamates (subject to hydrolysis) is 1. The van der Waals surface area contributed by atoms with Crippen molar-refractivity contribution in [2.45, 2.75) is 31.7 Å². The van der Waals surface area contributed by atoms with Crippen LogP contribution >= 0.6 is 0 Å². The van der Waals surface area contributed by atoms with Crippen LogP contribution in [0.1, 0.15) is 37.3 Å². The van der Waals surface area contributed by atoms with Crippen molar-refractivity contribution in [3.05, 3.63) is 71.8 Å². The van der Waals surface area contributed by atoms with Crippen molar-refractivity contribution in [3.63, 3.8) is 0 Å². The molecule has 0 spiro atoms. The summed E-state index contributed by atoms with van der Waals surface area (Å²) in [6, 6.07) is 16.2. The molecule has 1 aliphatic carbocycles. The molecule has 0 bridgehead atoms. The minimum atomic E-state index is -1.08. The Labute approximate surface area is 181 Å². The molecule has 0 saturated heterocycles. The highest BCUT2D eigenvalue weighted by atomic mass is 16.5. The molecule has 7 heteroatoms. The van der Waals surface area contributed by atoms with Crippen molar-refractivity contribution in [1.82, 2.24) is 10.6 Å². The maximum absolute atomic E-state index is 12.4. The maximum Gasteiger partial charge on any atom is 0.407 e. The van der Waals surface area contributed by atoms with E-state index in [4.69, 9.17) is 9.84 Å². The normalized spacial score (nSPS) is 12.8. The van der Waals surface area contributed by atoms with Crippen LogP contribution in [0.15, 0.2) is 60.7 Å². The molecule has 7 nitrogen and oxygen atoms in total. The van der Waals surface area contributed by atoms with Gasteiger partial charge in [0.1, 0.15) is 6.61 Å². The van der Waals surface area contributed by atoms with Gasteiger partial charge in [-0.2, -0.15) is 0 Å². The lowest BCUT2D eigenvalue weighted by Gasteiger charge is -2.25. The molecule has 1 aliphatic rings. The molecule has 0 aromatic heterocycles. The number of carboxylic acid groups (broad SMARTS) is 1. The molecular weight excluding hydrogens is 396 g/mol. The number of carboxylic acids is 1. The fraction of sp³-hybridized carbons (Fsp3) is 0.292. The number of amides is 2. The molecule has 3 N–H and O–H groups in total. The van der Waals surface area contributed by atoms with Crippen molar-refractivity contribution in [3.8, 4) is 11.1 Å². The van der Waals surface area contributed by atoms with E-state index in [1.807, 2.05) is 36.4 Å². The molecule has 0 radical (unpaired) electrons. The third-order valence-corrected chi connectivity index (χ3v) is 5.06. The van der Waals surface area contributed by atoms with Crippen LogP contribution in [0.3, 0.4) is 0 Å². The van der Waals surface area contributed by atoms with E-state index in [0.29, 0.717) is 0 Å². The summed E-state index contributed by atoms with van der Waals surface area (Å²) < 4.78 is 5.52. The van der Waals surface area contributed by atoms with Gasteiger partial charge in [-0.05, 0) is 36.1 Å². The Morgan fingerprint density at radius 3 is 2.19 bits per heavy atom. The summed E-state index contributed by atoms with van der Waals surface area (Å²) in [7, 11) is 0. The molecule has 3 rings (SSSR count). The van der Waals surface area contributed by atoms with Crippen molar-refractivity contribution >= 4 is 18.0 Å². The standard InChI is InChI=1S/C24H26N2O5/c1-24(2,14-21(27)25-13-7-12-22(28)29)26-23(30)31-15-20-18-10-5-3-8-16(18)17-9-4-6-11-19(17)20/h3-12,20H,13-15H2,1-2H3,(H,25,27)(H,26,30)(H,28,29)/b12-7+. The fourth-order valence-electron chi connectivity index (χ4n) is 3.75. The van der Waals surface area contributed by atoms with Crippen LogP contribution in [-0.2, 0) is 14.3 Å². The summed E-state index contributed by atoms with van der Waals surface area (Å²) in [5, 5.41) is 13.9. The third-order valence-electron chi connectivity index (χ3n) is 5.06. The molecule has 2 aromatic rings. The van der Waals surface area contributed by atoms with Gasteiger partial charge in [0.2, 0.25) is 5.91 Å². The van der Waals surface area contributed by atoms with Gasteiger partial charge in [-0.1, -0.05) is 54.6 Å². The summed E-state index contributed by atoms with van der Waals surface area (Å²) in [5.41, 5.74) is 3.74. The topological polar surface area (TPSA) is 105 Å². The summed E-state index contributed by atoms with van der Waals surface area (Å²) in [6.45, 7) is 3.75. The zero-order valence-electron chi connectivity index (χ0n) is 17.6. The molecule has 0 unspecified atom stereocenters. The molecule has 2 amide bonds. The summed E-state index contributed by atoms with van der Waals surface area (Å²) >= 11 is 0. The molecule has 0 heterocycles. The summed E-state index contributed by atoms with van der Waals surface area (Å²) in [4.78, 5) is 34.9. The number of nitrogens with one attached hydrogen (secondary N) is 2. The second-order valence-electron chi connectivity index (χ2n) is 8.06. The van der Waals surface area contributed by atoms with Gasteiger partial charge in [0, 0.05) is 30.5 Å². The molecule has 31 heavy (non-hydrogen) atoms. The number of ether oxygens (including phenoxy) is 1. The first-order valence-corrected chi connectivity index (χ1v) is 10.1. The SMILES string of the molecule is CC(C)(CC(=O)NC/C=C/C(=O)O)NC(=O)OCC1c2ccccc2-c2ccccc21. The quantitative estimate of drug-likeness (QED) is 0.565. The van der Waals surface area contributed by atoms with Crippen LogP contribution < -0.4 is 10.6 Å². The number of hydrogen-bond acceptors (Lipinski definition) is 4. The lowest BCUT2D eigenvalue weighted by atomic mass is 9.98. The predicted octanol–water partition coefficient (Wildman–Crippen LogP) is 3.45. The first-order valence-electron chi connectivity index (χ1n) is 10.1. The maximum atomic E-state index is 12.4. The van der Waals surface area contributed by atoms with Crippen molar-refractivity contribution in [2.75, 3.05) is 13.2 Å². The second-order valence-corrected chi connectivity index (χ2v) is 8.06. The lowest BCUT2D eigenvalue weighted by molar-refractivity contribution is -0.131. The van der Waals surface area contributed by atoms with Gasteiger partial charge in [0.05, 0.1) is 0 Å². The van der Waals surface area contributed by atoms with Gasteiger partial charge in [0.15, 0.2) is 0 Å². The molecular formula is C24H26N2O5. The van der Waals surface area contributed by atoms with Crippen molar-refractivity contribution in [1.29, 1.82) is 0 Å². The van der Waals surface area contributed by atoms with E-state index in [1.54, 1.807) is 13.8 Å². The van der Waals surface area contributed by atoms with Crippen LogP contribution in [0, 0.1) is 0 Å². The molecule has 0 saturated carbocycles. The zero-order valence-corrected chi connectivity index (χ0v) is 17.6. The lowest BCUT2D eigenvalue weighted by Crippen LogP contribution is -2.47. The van der Waals surface area contributed by atoms with Crippen LogP contribution in [0.2, 0.25) is 0 Å². The van der Waals surface area contributed by atoms with Crippen LogP contribution in [-0.4, -0.2) is 41.8 Å². The van der Waals surface area contributed by atoms with E-state index >= 15 is 0 Å². The van der Waals surface area contributed by atoms with E-state index in [1.165, 1.54) is 6.08 Å². The molecule has 0 aliphatic heterocycles. The van der Waals surface area contributed by atoms with Crippen LogP contribution in [0.4, 0.5) is 4.79 Å². The average molecular weight is 422 g/mol. The van der Waals surface area contributed by atoms with Crippen LogP contribution in [0.25, 0.3) is 11.1 Å². The van der Waals surface area contributed by atoms with E-state index < -0.39 is 17.6 Å². The summed E-state index contributed by atoms with van der Waals surface area (Å²) in [5.74, 6) is -1.42. The first kappa shape index (κ1) is 22.1. The van der Waals surface area contributed by atoms with Gasteiger partial charge < -0.3 is 20.5 Å². The van der Waals surface area contributed by atoms with Gasteiger partial charge in [-0.15, -0.1) is 0 Å². The highest BCUT2D eigenvalue weighted by Crippen LogP contribution is 2.44. The highest BCUT2D eigenvalue weighted by Gasteiger charge is 2.30. The Bertz CT molecular complexity index is 967. The Balaban J connectivity index is 1.54. The van der Waals surface area contributed by atoms with Gasteiger partial charge in [0.25, 0.3) is 0 Å². The predicted molar refractivity (Wildman–Crippen MR) is 117 cm³/mol. The number of fused-ring (bicyclic) bond motifs is 3. The van der Waals surface area contributed by atoms with E-state index in [2.05, 4.69) is 22.8 Å². The number of carbonyl (C=O) groups is 3. The van der Waals surface area contributed by atoms with Crippen molar-refractivity contribution in [2.24, 2.45) is 0 Å². The largest absolute Gasteiger partial charge is 0.478 e. The van der Waals surface area contributed by atoms with E-state index in [9.17, 15) is 14.4 Å². The molecule has 0 fully saturated rings. The number of rotatable bonds is 8. The van der Waals surface area contributed by atoms with E-state index in [-0.39, 0.29) is 31.4 Å². The highest BCUT2D eigenvalue weighted by molar-refractivity contribution is 5.81. The van der Waals surface area contributed by atoms with Crippen LogP contribution in [0.5, 0.6) is 0 Å². The average Bonchev–Trinajstić information content (AvgIpc) is 3.03. The number of benzene rings is 2. The minimum Gasteiger partial charge on any atom is -0.478 e. The molecule has 162 valence electrons. The van der Waals surface area contributed by atoms with Gasteiger partial charge in [-0.3, -0.25) is 4.79 Å². The Kier molecular flexibility index (Phi) is 6.74. The summed E-state index contributed by atoms with van der Waals surface area (Å²) in [6.07, 6.45) is 1.73. The third kappa shape index (κ3) is 5.72. The number of aliphatic carboxylic acids is 1. The first-order chi connectivity index (χ1) is 14.8. The molecule has 2 aromatic carbocycles. The fourth-order valence-corrected chi connectivity index (χ4v) is 3.75. The number of hydrogen-bond donors (Lipinski definition) is 3. The Morgan fingerprint density at radius 2 is 1.61 bits per heavy atom. The van der Waals surface area contributed by atoms with E-state index in [0.717, 1.165) is 28.3 Å². The zero-order chi connectivity index (χ0) is 22.4. The second kappa shape index (κ2) is 9.47. The minimum absolute atomic E-state index is 0.0259. The Hall–Kier alpha value is -3.61. The smallest absolute Gasteiger partial charge is 0.407 e. The Morgan fingerprint density at radius 1 is 1.03 bits per heavy atom. The number of carbonyl (C=O) groups excluding carboxylic acids is 2. The monoisotopic (exact) mass is 422 g/mol. The van der Waals surface area contributed by atoms with Crippen molar-refractivity contribution < 1.29 is 24.2 Å². The molecule has 0 atom stereocenters. The van der Waals surface area contributed by atoms with Gasteiger partial charge >= 0.3 is 12.1 Å². The van der Waals surface area contributed by atoms with Gasteiger partial charge in [-0.25, -0.2) is 9.59 Å².